The maximum Gasteiger partial charge on any atom is 0.194 e. The van der Waals surface area contributed by atoms with E-state index in [1.807, 2.05) is 31.2 Å². The second-order valence-electron chi connectivity index (χ2n) is 7.57. The van der Waals surface area contributed by atoms with E-state index in [0.29, 0.717) is 11.3 Å². The molecule has 1 saturated heterocycles. The van der Waals surface area contributed by atoms with E-state index in [1.54, 1.807) is 38.4 Å². The van der Waals surface area contributed by atoms with Gasteiger partial charge in [-0.15, -0.1) is 0 Å². The molecule has 0 amide bonds. The van der Waals surface area contributed by atoms with Crippen LogP contribution in [0.5, 0.6) is 5.75 Å². The minimum absolute atomic E-state index is 0.0380. The largest absolute Gasteiger partial charge is 0.497 e. The molecule has 0 aliphatic carbocycles. The molecule has 31 heavy (non-hydrogen) atoms. The quantitative estimate of drug-likeness (QED) is 0.523. The van der Waals surface area contributed by atoms with Crippen LogP contribution in [0.4, 0.5) is 5.69 Å². The number of nitrogens with zero attached hydrogens (tertiary/aromatic N) is 3. The predicted molar refractivity (Wildman–Crippen MR) is 126 cm³/mol. The Kier molecular flexibility index (Phi) is 7.79. The Bertz CT molecular complexity index is 971. The number of ether oxygens (including phenoxy) is 1. The van der Waals surface area contributed by atoms with Gasteiger partial charge in [0.2, 0.25) is 0 Å². The number of sulfone groups is 1. The lowest BCUT2D eigenvalue weighted by Crippen LogP contribution is -2.55. The van der Waals surface area contributed by atoms with E-state index in [9.17, 15) is 8.42 Å². The van der Waals surface area contributed by atoms with Gasteiger partial charge >= 0.3 is 0 Å². The molecule has 7 nitrogen and oxygen atoms in total. The Hall–Kier alpha value is -2.74. The van der Waals surface area contributed by atoms with E-state index >= 15 is 0 Å². The molecule has 1 fully saturated rings. The van der Waals surface area contributed by atoms with Crippen molar-refractivity contribution >= 4 is 21.5 Å². The molecule has 1 unspecified atom stereocenters. The van der Waals surface area contributed by atoms with Crippen LogP contribution in [0.25, 0.3) is 0 Å². The summed E-state index contributed by atoms with van der Waals surface area (Å²) in [6, 6.07) is 16.5. The molecular weight excluding hydrogens is 412 g/mol. The van der Waals surface area contributed by atoms with Crippen molar-refractivity contribution in [1.82, 2.24) is 10.2 Å². The van der Waals surface area contributed by atoms with Crippen molar-refractivity contribution in [3.8, 4) is 5.75 Å². The third kappa shape index (κ3) is 5.91. The number of piperazine rings is 1. The van der Waals surface area contributed by atoms with E-state index in [4.69, 9.17) is 4.74 Å². The van der Waals surface area contributed by atoms with Gasteiger partial charge in [0.1, 0.15) is 5.75 Å². The van der Waals surface area contributed by atoms with Crippen molar-refractivity contribution in [3.05, 3.63) is 54.6 Å². The van der Waals surface area contributed by atoms with Gasteiger partial charge in [-0.1, -0.05) is 31.2 Å². The van der Waals surface area contributed by atoms with Crippen LogP contribution in [0.3, 0.4) is 0 Å². The van der Waals surface area contributed by atoms with E-state index < -0.39 is 9.84 Å². The summed E-state index contributed by atoms with van der Waals surface area (Å²) < 4.78 is 30.9. The number of anilines is 1. The van der Waals surface area contributed by atoms with Gasteiger partial charge in [-0.3, -0.25) is 4.99 Å². The third-order valence-electron chi connectivity index (χ3n) is 5.56. The number of rotatable bonds is 7. The smallest absolute Gasteiger partial charge is 0.194 e. The Morgan fingerprint density at radius 1 is 1.10 bits per heavy atom. The van der Waals surface area contributed by atoms with Gasteiger partial charge in [0.05, 0.1) is 17.8 Å². The Morgan fingerprint density at radius 3 is 2.42 bits per heavy atom. The molecule has 1 aliphatic rings. The topological polar surface area (TPSA) is 74.2 Å². The molecule has 1 heterocycles. The van der Waals surface area contributed by atoms with Crippen molar-refractivity contribution in [2.24, 2.45) is 4.99 Å². The first-order chi connectivity index (χ1) is 15.0. The fourth-order valence-electron chi connectivity index (χ4n) is 3.71. The monoisotopic (exact) mass is 444 g/mol. The molecule has 0 saturated carbocycles. The van der Waals surface area contributed by atoms with E-state index in [-0.39, 0.29) is 11.8 Å². The molecule has 2 aromatic rings. The summed E-state index contributed by atoms with van der Waals surface area (Å²) in [7, 11) is 0.0570. The molecule has 0 aromatic heterocycles. The summed E-state index contributed by atoms with van der Waals surface area (Å²) in [6.07, 6.45) is 0.689. The van der Waals surface area contributed by atoms with Crippen LogP contribution in [0.1, 0.15) is 13.3 Å². The van der Waals surface area contributed by atoms with Gasteiger partial charge in [-0.2, -0.15) is 0 Å². The van der Waals surface area contributed by atoms with Crippen LogP contribution < -0.4 is 15.0 Å². The number of methoxy groups -OCH3 is 1. The molecule has 1 atom stereocenters. The highest BCUT2D eigenvalue weighted by atomic mass is 32.2. The fourth-order valence-corrected chi connectivity index (χ4v) is 5.33. The molecule has 2 aromatic carbocycles. The number of aliphatic imine (C=N–C) groups is 1. The van der Waals surface area contributed by atoms with Crippen LogP contribution in [0.2, 0.25) is 0 Å². The third-order valence-corrected chi connectivity index (χ3v) is 7.39. The van der Waals surface area contributed by atoms with Gasteiger partial charge < -0.3 is 19.9 Å². The van der Waals surface area contributed by atoms with E-state index in [0.717, 1.165) is 43.6 Å². The molecule has 1 aliphatic heterocycles. The van der Waals surface area contributed by atoms with Gasteiger partial charge in [-0.25, -0.2) is 8.42 Å². The number of hydrogen-bond donors (Lipinski definition) is 1. The van der Waals surface area contributed by atoms with Crippen LogP contribution in [0, 0.1) is 0 Å². The van der Waals surface area contributed by atoms with Crippen LogP contribution in [-0.2, 0) is 9.84 Å². The number of benzene rings is 2. The molecule has 0 bridgehead atoms. The average Bonchev–Trinajstić information content (AvgIpc) is 2.82. The van der Waals surface area contributed by atoms with Crippen LogP contribution >= 0.6 is 0 Å². The summed E-state index contributed by atoms with van der Waals surface area (Å²) in [4.78, 5) is 9.30. The van der Waals surface area contributed by atoms with E-state index in [2.05, 4.69) is 26.2 Å². The molecular formula is C23H32N4O3S. The zero-order valence-electron chi connectivity index (χ0n) is 18.5. The van der Waals surface area contributed by atoms with Gasteiger partial charge in [0, 0.05) is 51.0 Å². The van der Waals surface area contributed by atoms with Crippen LogP contribution in [0.15, 0.2) is 64.5 Å². The van der Waals surface area contributed by atoms with Crippen molar-refractivity contribution in [2.45, 2.75) is 24.3 Å². The number of guanidine groups is 1. The lowest BCUT2D eigenvalue weighted by molar-refractivity contribution is 0.366. The van der Waals surface area contributed by atoms with Crippen molar-refractivity contribution in [1.29, 1.82) is 0 Å². The molecule has 168 valence electrons. The number of hydrogen-bond acceptors (Lipinski definition) is 5. The second kappa shape index (κ2) is 10.5. The highest BCUT2D eigenvalue weighted by molar-refractivity contribution is 7.91. The molecule has 1 N–H and O–H groups in total. The zero-order chi connectivity index (χ0) is 22.3. The summed E-state index contributed by atoms with van der Waals surface area (Å²) in [5.74, 6) is 1.64. The number of nitrogens with one attached hydrogen (secondary N) is 1. The first-order valence-corrected chi connectivity index (χ1v) is 12.3. The highest BCUT2D eigenvalue weighted by Gasteiger charge is 2.25. The Balaban J connectivity index is 1.60. The lowest BCUT2D eigenvalue weighted by atomic mass is 10.2. The van der Waals surface area contributed by atoms with Crippen molar-refractivity contribution in [3.63, 3.8) is 0 Å². The summed E-state index contributed by atoms with van der Waals surface area (Å²) >= 11 is 0. The zero-order valence-corrected chi connectivity index (χ0v) is 19.3. The van der Waals surface area contributed by atoms with Gasteiger partial charge in [0.15, 0.2) is 15.8 Å². The SMILES string of the molecule is CCC(CS(=O)(=O)c1ccccc1)NC(=NC)N1CCN(c2cccc(OC)c2)CC1. The summed E-state index contributed by atoms with van der Waals surface area (Å²) in [5, 5.41) is 3.38. The Labute approximate surface area is 185 Å². The Morgan fingerprint density at radius 2 is 1.81 bits per heavy atom. The van der Waals surface area contributed by atoms with Crippen LogP contribution in [-0.4, -0.2) is 71.4 Å². The molecule has 0 spiro atoms. The summed E-state index contributed by atoms with van der Waals surface area (Å²) in [6.45, 7) is 5.31. The van der Waals surface area contributed by atoms with E-state index in [1.165, 1.54) is 0 Å². The van der Waals surface area contributed by atoms with Crippen molar-refractivity contribution in [2.75, 3.05) is 51.0 Å². The second-order valence-corrected chi connectivity index (χ2v) is 9.60. The fraction of sp³-hybridized carbons (Fsp3) is 0.435. The maximum atomic E-state index is 12.8. The summed E-state index contributed by atoms with van der Waals surface area (Å²) in [5.41, 5.74) is 1.14. The minimum Gasteiger partial charge on any atom is -0.497 e. The average molecular weight is 445 g/mol. The minimum atomic E-state index is -3.36. The van der Waals surface area contributed by atoms with Crippen molar-refractivity contribution < 1.29 is 13.2 Å². The molecule has 3 rings (SSSR count). The maximum absolute atomic E-state index is 12.8. The highest BCUT2D eigenvalue weighted by Crippen LogP contribution is 2.22. The normalized spacial score (nSPS) is 16.2. The first kappa shape index (κ1) is 22.9. The van der Waals surface area contributed by atoms with Gasteiger partial charge in [-0.05, 0) is 30.7 Å². The standard InChI is InChI=1S/C23H32N4O3S/c1-4-19(18-31(28,29)22-11-6-5-7-12-22)25-23(24-2)27-15-13-26(14-16-27)20-9-8-10-21(17-20)30-3/h5-12,17,19H,4,13-16,18H2,1-3H3,(H,24,25). The van der Waals surface area contributed by atoms with Gasteiger partial charge in [0.25, 0.3) is 0 Å². The first-order valence-electron chi connectivity index (χ1n) is 10.6. The molecule has 8 heteroatoms. The molecule has 0 radical (unpaired) electrons. The lowest BCUT2D eigenvalue weighted by Gasteiger charge is -2.38. The predicted octanol–water partition coefficient (Wildman–Crippen LogP) is 2.65.